The van der Waals surface area contributed by atoms with Gasteiger partial charge < -0.3 is 5.32 Å². The Morgan fingerprint density at radius 2 is 2.14 bits per heavy atom. The van der Waals surface area contributed by atoms with Crippen molar-refractivity contribution in [2.75, 3.05) is 5.32 Å². The van der Waals surface area contributed by atoms with Crippen LogP contribution in [0.5, 0.6) is 0 Å². The summed E-state index contributed by atoms with van der Waals surface area (Å²) in [6, 6.07) is 0. The highest BCUT2D eigenvalue weighted by atomic mass is 19.1. The molecule has 14 heavy (non-hydrogen) atoms. The maximum Gasteiger partial charge on any atom is 0.235 e. The van der Waals surface area contributed by atoms with E-state index in [1.165, 1.54) is 17.8 Å². The van der Waals surface area contributed by atoms with Crippen LogP contribution in [0.3, 0.4) is 0 Å². The molecular formula is C9H14FN3O. The summed E-state index contributed by atoms with van der Waals surface area (Å²) < 4.78 is 14.8. The van der Waals surface area contributed by atoms with Crippen LogP contribution in [0, 0.1) is 5.95 Å². The fourth-order valence-electron chi connectivity index (χ4n) is 1.07. The first kappa shape index (κ1) is 10.7. The maximum absolute atomic E-state index is 13.6. The normalized spacial score (nSPS) is 11.5. The molecule has 1 rings (SSSR count). The monoisotopic (exact) mass is 199 g/mol. The highest BCUT2D eigenvalue weighted by Crippen LogP contribution is 2.20. The molecule has 1 amide bonds. The van der Waals surface area contributed by atoms with Gasteiger partial charge in [-0.15, -0.1) is 0 Å². The van der Waals surface area contributed by atoms with Crippen molar-refractivity contribution in [1.82, 2.24) is 9.78 Å². The van der Waals surface area contributed by atoms with Crippen molar-refractivity contribution in [3.63, 3.8) is 0 Å². The highest BCUT2D eigenvalue weighted by Gasteiger charge is 2.21. The van der Waals surface area contributed by atoms with E-state index in [2.05, 4.69) is 10.4 Å². The Morgan fingerprint density at radius 1 is 1.57 bits per heavy atom. The van der Waals surface area contributed by atoms with Gasteiger partial charge >= 0.3 is 0 Å². The average molecular weight is 199 g/mol. The minimum Gasteiger partial charge on any atom is -0.321 e. The molecule has 1 heterocycles. The first-order valence-electron chi connectivity index (χ1n) is 4.34. The van der Waals surface area contributed by atoms with E-state index in [4.69, 9.17) is 0 Å². The Bertz CT molecular complexity index is 351. The molecule has 0 aliphatic rings. The Morgan fingerprint density at radius 3 is 2.50 bits per heavy atom. The number of carbonyl (C=O) groups excluding carboxylic acids is 1. The summed E-state index contributed by atoms with van der Waals surface area (Å²) in [6.45, 7) is 6.83. The van der Waals surface area contributed by atoms with Crippen LogP contribution in [0.15, 0.2) is 6.20 Å². The molecule has 0 aliphatic carbocycles. The molecule has 0 aliphatic heterocycles. The quantitative estimate of drug-likeness (QED) is 0.748. The number of nitrogens with one attached hydrogen (secondary N) is 1. The van der Waals surface area contributed by atoms with Crippen molar-refractivity contribution in [2.45, 2.75) is 33.2 Å². The summed E-state index contributed by atoms with van der Waals surface area (Å²) in [5.74, 6) is -0.829. The number of nitrogens with zero attached hydrogens (tertiary/aromatic N) is 2. The van der Waals surface area contributed by atoms with Crippen LogP contribution in [0.2, 0.25) is 0 Å². The molecule has 0 bridgehead atoms. The molecule has 0 saturated heterocycles. The van der Waals surface area contributed by atoms with Gasteiger partial charge in [0, 0.05) is 6.92 Å². The van der Waals surface area contributed by atoms with E-state index < -0.39 is 11.5 Å². The number of hydrogen-bond acceptors (Lipinski definition) is 2. The van der Waals surface area contributed by atoms with E-state index >= 15 is 0 Å². The molecule has 0 unspecified atom stereocenters. The van der Waals surface area contributed by atoms with Crippen molar-refractivity contribution in [2.24, 2.45) is 0 Å². The number of carbonyl (C=O) groups is 1. The minimum absolute atomic E-state index is 0.118. The van der Waals surface area contributed by atoms with Crippen LogP contribution in [0.1, 0.15) is 27.7 Å². The highest BCUT2D eigenvalue weighted by molar-refractivity contribution is 5.88. The number of rotatable bonds is 1. The van der Waals surface area contributed by atoms with Crippen molar-refractivity contribution in [3.05, 3.63) is 12.1 Å². The summed E-state index contributed by atoms with van der Waals surface area (Å²) in [5.41, 5.74) is -0.312. The Kier molecular flexibility index (Phi) is 2.59. The molecule has 78 valence electrons. The summed E-state index contributed by atoms with van der Waals surface area (Å²) in [4.78, 5) is 10.7. The van der Waals surface area contributed by atoms with Crippen molar-refractivity contribution < 1.29 is 9.18 Å². The Balaban J connectivity index is 3.03. The van der Waals surface area contributed by atoms with Gasteiger partial charge in [-0.05, 0) is 20.8 Å². The average Bonchev–Trinajstić information content (AvgIpc) is 2.30. The molecule has 1 N–H and O–H groups in total. The van der Waals surface area contributed by atoms with Gasteiger partial charge in [0.15, 0.2) is 0 Å². The van der Waals surface area contributed by atoms with E-state index in [1.807, 2.05) is 20.8 Å². The van der Waals surface area contributed by atoms with E-state index in [0.717, 1.165) is 0 Å². The topological polar surface area (TPSA) is 46.9 Å². The summed E-state index contributed by atoms with van der Waals surface area (Å²) in [7, 11) is 0. The zero-order chi connectivity index (χ0) is 10.9. The second-order valence-corrected chi connectivity index (χ2v) is 4.11. The van der Waals surface area contributed by atoms with Crippen LogP contribution in [0.25, 0.3) is 0 Å². The van der Waals surface area contributed by atoms with Crippen LogP contribution < -0.4 is 5.32 Å². The third kappa shape index (κ3) is 2.10. The van der Waals surface area contributed by atoms with Gasteiger partial charge in [0.05, 0.1) is 11.7 Å². The molecule has 0 atom stereocenters. The van der Waals surface area contributed by atoms with E-state index in [1.54, 1.807) is 0 Å². The van der Waals surface area contributed by atoms with Crippen molar-refractivity contribution >= 4 is 11.6 Å². The fourth-order valence-corrected chi connectivity index (χ4v) is 1.07. The van der Waals surface area contributed by atoms with Crippen LogP contribution in [-0.2, 0) is 10.3 Å². The van der Waals surface area contributed by atoms with Gasteiger partial charge in [-0.2, -0.15) is 9.49 Å². The number of hydrogen-bond donors (Lipinski definition) is 1. The second kappa shape index (κ2) is 3.40. The van der Waals surface area contributed by atoms with E-state index in [0.29, 0.717) is 0 Å². The largest absolute Gasteiger partial charge is 0.321 e. The van der Waals surface area contributed by atoms with Gasteiger partial charge in [0.1, 0.15) is 5.69 Å². The van der Waals surface area contributed by atoms with Crippen LogP contribution in [0.4, 0.5) is 10.1 Å². The fraction of sp³-hybridized carbons (Fsp3) is 0.556. The van der Waals surface area contributed by atoms with E-state index in [-0.39, 0.29) is 11.6 Å². The SMILES string of the molecule is CC(=O)Nc1cnn(C(C)(C)C)c1F. The number of aromatic nitrogens is 2. The van der Waals surface area contributed by atoms with Gasteiger partial charge in [0.2, 0.25) is 11.9 Å². The Hall–Kier alpha value is -1.39. The van der Waals surface area contributed by atoms with Crippen molar-refractivity contribution in [3.8, 4) is 0 Å². The molecule has 0 spiro atoms. The van der Waals surface area contributed by atoms with Crippen LogP contribution in [-0.4, -0.2) is 15.7 Å². The van der Waals surface area contributed by atoms with Gasteiger partial charge in [0.25, 0.3) is 0 Å². The van der Waals surface area contributed by atoms with Crippen molar-refractivity contribution in [1.29, 1.82) is 0 Å². The molecule has 0 radical (unpaired) electrons. The van der Waals surface area contributed by atoms with Gasteiger partial charge in [-0.1, -0.05) is 0 Å². The van der Waals surface area contributed by atoms with Gasteiger partial charge in [-0.25, -0.2) is 4.68 Å². The smallest absolute Gasteiger partial charge is 0.235 e. The molecule has 1 aromatic heterocycles. The maximum atomic E-state index is 13.6. The molecule has 0 aromatic carbocycles. The van der Waals surface area contributed by atoms with Crippen LogP contribution >= 0.6 is 0 Å². The summed E-state index contributed by atoms with van der Waals surface area (Å²) in [5, 5.41) is 6.24. The molecule has 0 saturated carbocycles. The lowest BCUT2D eigenvalue weighted by molar-refractivity contribution is -0.114. The predicted molar refractivity (Wildman–Crippen MR) is 51.5 cm³/mol. The first-order valence-corrected chi connectivity index (χ1v) is 4.34. The zero-order valence-electron chi connectivity index (χ0n) is 8.76. The van der Waals surface area contributed by atoms with E-state index in [9.17, 15) is 9.18 Å². The molecule has 4 nitrogen and oxygen atoms in total. The first-order chi connectivity index (χ1) is 6.32. The third-order valence-electron chi connectivity index (χ3n) is 1.66. The number of halogens is 1. The summed E-state index contributed by atoms with van der Waals surface area (Å²) >= 11 is 0. The van der Waals surface area contributed by atoms with Gasteiger partial charge in [-0.3, -0.25) is 4.79 Å². The lowest BCUT2D eigenvalue weighted by Crippen LogP contribution is -2.25. The zero-order valence-corrected chi connectivity index (χ0v) is 8.76. The minimum atomic E-state index is -0.521. The lowest BCUT2D eigenvalue weighted by Gasteiger charge is -2.19. The standard InChI is InChI=1S/C9H14FN3O/c1-6(14)12-7-5-11-13(8(7)10)9(2,3)4/h5H,1-4H3,(H,12,14). The third-order valence-corrected chi connectivity index (χ3v) is 1.66. The number of amides is 1. The Labute approximate surface area is 82.1 Å². The molecule has 1 aromatic rings. The predicted octanol–water partition coefficient (Wildman–Crippen LogP) is 1.74. The molecular weight excluding hydrogens is 185 g/mol. The molecule has 0 fully saturated rings. The molecule has 5 heteroatoms. The summed E-state index contributed by atoms with van der Waals surface area (Å²) in [6.07, 6.45) is 1.31. The second-order valence-electron chi connectivity index (χ2n) is 4.11. The number of anilines is 1. The lowest BCUT2D eigenvalue weighted by atomic mass is 10.1.